The fraction of sp³-hybridized carbons (Fsp3) is 0.333. The number of amides is 1. The molecule has 0 aromatic heterocycles. The summed E-state index contributed by atoms with van der Waals surface area (Å²) < 4.78 is 9.86. The van der Waals surface area contributed by atoms with E-state index >= 15 is 0 Å². The molecular formula is C21H25NO4. The maximum atomic E-state index is 12.0. The number of rotatable bonds is 8. The first-order valence-corrected chi connectivity index (χ1v) is 8.79. The number of esters is 1. The highest BCUT2D eigenvalue weighted by Gasteiger charge is 2.22. The first-order valence-electron chi connectivity index (χ1n) is 8.79. The molecule has 2 aromatic carbocycles. The Morgan fingerprint density at radius 3 is 2.27 bits per heavy atom. The summed E-state index contributed by atoms with van der Waals surface area (Å²) in [6, 6.07) is 17.2. The number of carbonyl (C=O) groups excluding carboxylic acids is 2. The first-order chi connectivity index (χ1) is 12.6. The van der Waals surface area contributed by atoms with Gasteiger partial charge in [-0.1, -0.05) is 67.9 Å². The van der Waals surface area contributed by atoms with Gasteiger partial charge in [0.15, 0.2) is 0 Å². The second kappa shape index (κ2) is 10.2. The average molecular weight is 355 g/mol. The van der Waals surface area contributed by atoms with Gasteiger partial charge in [0.1, 0.15) is 6.04 Å². The van der Waals surface area contributed by atoms with Crippen molar-refractivity contribution in [3.63, 3.8) is 0 Å². The molecule has 2 rings (SSSR count). The molecule has 0 aliphatic heterocycles. The number of ether oxygens (including phenoxy) is 2. The standard InChI is InChI=1S/C21H25NO4/c1-3-4-14-26-21(24)22-19(20(23)25-2)15-16-10-12-18(13-11-16)17-8-6-5-7-9-17/h5-13,19H,3-4,14-15H2,1-2H3,(H,22,24)/t19-/m0/s1. The molecule has 0 bridgehead atoms. The Kier molecular flexibility index (Phi) is 7.68. The van der Waals surface area contributed by atoms with E-state index in [0.717, 1.165) is 29.5 Å². The average Bonchev–Trinajstić information content (AvgIpc) is 2.68. The van der Waals surface area contributed by atoms with E-state index in [-0.39, 0.29) is 0 Å². The van der Waals surface area contributed by atoms with E-state index < -0.39 is 18.1 Å². The van der Waals surface area contributed by atoms with Gasteiger partial charge in [-0.3, -0.25) is 0 Å². The van der Waals surface area contributed by atoms with Crippen LogP contribution in [0.5, 0.6) is 0 Å². The monoisotopic (exact) mass is 355 g/mol. The van der Waals surface area contributed by atoms with Gasteiger partial charge in [-0.2, -0.15) is 0 Å². The van der Waals surface area contributed by atoms with Gasteiger partial charge in [-0.15, -0.1) is 0 Å². The molecule has 1 atom stereocenters. The summed E-state index contributed by atoms with van der Waals surface area (Å²) in [6.07, 6.45) is 1.46. The van der Waals surface area contributed by atoms with Crippen LogP contribution >= 0.6 is 0 Å². The van der Waals surface area contributed by atoms with Gasteiger partial charge in [-0.25, -0.2) is 9.59 Å². The number of carbonyl (C=O) groups is 2. The summed E-state index contributed by atoms with van der Waals surface area (Å²) in [6.45, 7) is 2.35. The molecule has 5 nitrogen and oxygen atoms in total. The minimum Gasteiger partial charge on any atom is -0.467 e. The van der Waals surface area contributed by atoms with E-state index in [1.165, 1.54) is 7.11 Å². The molecule has 1 amide bonds. The van der Waals surface area contributed by atoms with Crippen molar-refractivity contribution >= 4 is 12.1 Å². The summed E-state index contributed by atoms with van der Waals surface area (Å²) in [7, 11) is 1.30. The minimum atomic E-state index is -0.781. The zero-order chi connectivity index (χ0) is 18.8. The molecule has 0 heterocycles. The zero-order valence-corrected chi connectivity index (χ0v) is 15.2. The predicted molar refractivity (Wildman–Crippen MR) is 101 cm³/mol. The van der Waals surface area contributed by atoms with Gasteiger partial charge < -0.3 is 14.8 Å². The summed E-state index contributed by atoms with van der Waals surface area (Å²) in [5.41, 5.74) is 3.14. The lowest BCUT2D eigenvalue weighted by Crippen LogP contribution is -2.43. The van der Waals surface area contributed by atoms with Crippen LogP contribution in [0.15, 0.2) is 54.6 Å². The van der Waals surface area contributed by atoms with Crippen molar-refractivity contribution in [2.45, 2.75) is 32.2 Å². The van der Waals surface area contributed by atoms with Crippen LogP contribution < -0.4 is 5.32 Å². The summed E-state index contributed by atoms with van der Waals surface area (Å²) in [4.78, 5) is 23.8. The molecule has 138 valence electrons. The molecule has 0 aliphatic carbocycles. The Labute approximate surface area is 154 Å². The second-order valence-electron chi connectivity index (χ2n) is 5.98. The Bertz CT molecular complexity index is 698. The van der Waals surface area contributed by atoms with Gasteiger partial charge in [0.05, 0.1) is 13.7 Å². The van der Waals surface area contributed by atoms with Crippen LogP contribution in [-0.4, -0.2) is 31.8 Å². The smallest absolute Gasteiger partial charge is 0.407 e. The first kappa shape index (κ1) is 19.5. The molecule has 0 radical (unpaired) electrons. The number of methoxy groups -OCH3 is 1. The second-order valence-corrected chi connectivity index (χ2v) is 5.98. The van der Waals surface area contributed by atoms with Crippen LogP contribution in [0.3, 0.4) is 0 Å². The zero-order valence-electron chi connectivity index (χ0n) is 15.2. The van der Waals surface area contributed by atoms with Crippen molar-refractivity contribution in [3.05, 3.63) is 60.2 Å². The number of hydrogen-bond donors (Lipinski definition) is 1. The van der Waals surface area contributed by atoms with Crippen LogP contribution in [-0.2, 0) is 20.7 Å². The highest BCUT2D eigenvalue weighted by Crippen LogP contribution is 2.19. The Morgan fingerprint density at radius 2 is 1.65 bits per heavy atom. The van der Waals surface area contributed by atoms with Gasteiger partial charge in [0.2, 0.25) is 0 Å². The summed E-state index contributed by atoms with van der Waals surface area (Å²) >= 11 is 0. The predicted octanol–water partition coefficient (Wildman–Crippen LogP) is 3.96. The molecule has 0 aliphatic rings. The number of hydrogen-bond acceptors (Lipinski definition) is 4. The molecule has 0 saturated heterocycles. The van der Waals surface area contributed by atoms with E-state index in [4.69, 9.17) is 9.47 Å². The Hall–Kier alpha value is -2.82. The highest BCUT2D eigenvalue weighted by molar-refractivity contribution is 5.81. The van der Waals surface area contributed by atoms with Crippen molar-refractivity contribution in [1.82, 2.24) is 5.32 Å². The maximum absolute atomic E-state index is 12.0. The summed E-state index contributed by atoms with van der Waals surface area (Å²) in [5.74, 6) is -0.496. The van der Waals surface area contributed by atoms with Crippen molar-refractivity contribution in [3.8, 4) is 11.1 Å². The number of unbranched alkanes of at least 4 members (excludes halogenated alkanes) is 1. The van der Waals surface area contributed by atoms with Crippen LogP contribution in [0.2, 0.25) is 0 Å². The van der Waals surface area contributed by atoms with Gasteiger partial charge in [0.25, 0.3) is 0 Å². The molecular weight excluding hydrogens is 330 g/mol. The third-order valence-electron chi connectivity index (χ3n) is 4.01. The molecule has 0 unspecified atom stereocenters. The number of nitrogens with one attached hydrogen (secondary N) is 1. The number of benzene rings is 2. The van der Waals surface area contributed by atoms with Crippen molar-refractivity contribution in [1.29, 1.82) is 0 Å². The lowest BCUT2D eigenvalue weighted by atomic mass is 10.0. The van der Waals surface area contributed by atoms with E-state index in [2.05, 4.69) is 5.32 Å². The number of alkyl carbamates (subject to hydrolysis) is 1. The quantitative estimate of drug-likeness (QED) is 0.575. The molecule has 2 aromatic rings. The van der Waals surface area contributed by atoms with Crippen LogP contribution in [0.4, 0.5) is 4.79 Å². The normalized spacial score (nSPS) is 11.5. The lowest BCUT2D eigenvalue weighted by Gasteiger charge is -2.16. The maximum Gasteiger partial charge on any atom is 0.407 e. The summed E-state index contributed by atoms with van der Waals surface area (Å²) in [5, 5.41) is 2.59. The Morgan fingerprint density at radius 1 is 1.00 bits per heavy atom. The molecule has 0 spiro atoms. The third kappa shape index (κ3) is 5.92. The minimum absolute atomic E-state index is 0.335. The van der Waals surface area contributed by atoms with Crippen LogP contribution in [0.1, 0.15) is 25.3 Å². The van der Waals surface area contributed by atoms with Crippen molar-refractivity contribution in [2.75, 3.05) is 13.7 Å². The van der Waals surface area contributed by atoms with E-state index in [1.54, 1.807) is 0 Å². The molecule has 0 fully saturated rings. The fourth-order valence-corrected chi connectivity index (χ4v) is 2.53. The van der Waals surface area contributed by atoms with Gasteiger partial charge >= 0.3 is 12.1 Å². The van der Waals surface area contributed by atoms with Crippen LogP contribution in [0, 0.1) is 0 Å². The van der Waals surface area contributed by atoms with Gasteiger partial charge in [-0.05, 0) is 23.1 Å². The van der Waals surface area contributed by atoms with E-state index in [0.29, 0.717) is 13.0 Å². The van der Waals surface area contributed by atoms with Crippen molar-refractivity contribution in [2.24, 2.45) is 0 Å². The molecule has 1 N–H and O–H groups in total. The topological polar surface area (TPSA) is 64.6 Å². The van der Waals surface area contributed by atoms with Crippen LogP contribution in [0.25, 0.3) is 11.1 Å². The van der Waals surface area contributed by atoms with Gasteiger partial charge in [0, 0.05) is 6.42 Å². The van der Waals surface area contributed by atoms with E-state index in [9.17, 15) is 9.59 Å². The molecule has 26 heavy (non-hydrogen) atoms. The largest absolute Gasteiger partial charge is 0.467 e. The Balaban J connectivity index is 2.01. The van der Waals surface area contributed by atoms with E-state index in [1.807, 2.05) is 61.5 Å². The molecule has 0 saturated carbocycles. The highest BCUT2D eigenvalue weighted by atomic mass is 16.6. The van der Waals surface area contributed by atoms with Crippen molar-refractivity contribution < 1.29 is 19.1 Å². The lowest BCUT2D eigenvalue weighted by molar-refractivity contribution is -0.142. The molecule has 5 heteroatoms. The fourth-order valence-electron chi connectivity index (χ4n) is 2.53. The SMILES string of the molecule is CCCCOC(=O)N[C@@H](Cc1ccc(-c2ccccc2)cc1)C(=O)OC. The third-order valence-corrected chi connectivity index (χ3v) is 4.01.